The predicted molar refractivity (Wildman–Crippen MR) is 85.7 cm³/mol. The molecule has 92 valence electrons. The van der Waals surface area contributed by atoms with Gasteiger partial charge in [0.25, 0.3) is 0 Å². The van der Waals surface area contributed by atoms with Crippen molar-refractivity contribution in [2.45, 2.75) is 5.25 Å². The zero-order valence-corrected chi connectivity index (χ0v) is 13.0. The van der Waals surface area contributed by atoms with Crippen LogP contribution in [0.1, 0.15) is 0 Å². The zero-order chi connectivity index (χ0) is 11.4. The molecule has 0 radical (unpaired) electrons. The molecule has 6 heteroatoms. The van der Waals surface area contributed by atoms with Gasteiger partial charge < -0.3 is 5.11 Å². The van der Waals surface area contributed by atoms with Crippen LogP contribution in [0.3, 0.4) is 0 Å². The third-order valence-corrected chi connectivity index (χ3v) is 6.43. The fraction of sp³-hybridized carbons (Fsp3) is 1.00. The molecule has 0 bridgehead atoms. The van der Waals surface area contributed by atoms with Crippen LogP contribution < -0.4 is 0 Å². The van der Waals surface area contributed by atoms with Gasteiger partial charge in [-0.3, -0.25) is 0 Å². The van der Waals surface area contributed by atoms with E-state index in [0.717, 1.165) is 28.8 Å². The predicted octanol–water partition coefficient (Wildman–Crippen LogP) is 2.41. The lowest BCUT2D eigenvalue weighted by molar-refractivity contribution is 0.301. The van der Waals surface area contributed by atoms with E-state index < -0.39 is 0 Å². The van der Waals surface area contributed by atoms with Gasteiger partial charge in [-0.2, -0.15) is 60.5 Å². The van der Waals surface area contributed by atoms with Gasteiger partial charge in [-0.05, 0) is 11.5 Å². The van der Waals surface area contributed by atoms with Gasteiger partial charge in [0, 0.05) is 34.0 Å². The van der Waals surface area contributed by atoms with Crippen molar-refractivity contribution < 1.29 is 5.11 Å². The number of rotatable bonds is 11. The zero-order valence-electron chi connectivity index (χ0n) is 8.80. The van der Waals surface area contributed by atoms with Crippen LogP contribution in [0.15, 0.2) is 0 Å². The number of aliphatic hydroxyl groups excluding tert-OH is 1. The Morgan fingerprint density at radius 1 is 0.933 bits per heavy atom. The molecule has 1 nitrogen and oxygen atoms in total. The second-order valence-corrected chi connectivity index (χ2v) is 7.49. The highest BCUT2D eigenvalue weighted by molar-refractivity contribution is 8.05. The molecule has 1 N–H and O–H groups in total. The van der Waals surface area contributed by atoms with Crippen molar-refractivity contribution in [1.82, 2.24) is 0 Å². The first-order valence-electron chi connectivity index (χ1n) is 4.94. The topological polar surface area (TPSA) is 20.2 Å². The second-order valence-electron chi connectivity index (χ2n) is 2.81. The van der Waals surface area contributed by atoms with Crippen molar-refractivity contribution in [2.24, 2.45) is 0 Å². The monoisotopic (exact) mass is 304 g/mol. The molecule has 0 aromatic carbocycles. The van der Waals surface area contributed by atoms with E-state index in [1.807, 2.05) is 35.3 Å². The molecule has 0 heterocycles. The first-order valence-corrected chi connectivity index (χ1v) is 9.57. The van der Waals surface area contributed by atoms with Gasteiger partial charge in [0.15, 0.2) is 0 Å². The van der Waals surface area contributed by atoms with E-state index in [9.17, 15) is 0 Å². The molecule has 0 aromatic rings. The molecule has 0 aliphatic heterocycles. The fourth-order valence-corrected chi connectivity index (χ4v) is 4.60. The molecular weight excluding hydrogens is 284 g/mol. The Labute approximate surface area is 117 Å². The van der Waals surface area contributed by atoms with Crippen LogP contribution >= 0.6 is 60.5 Å². The number of aliphatic hydroxyl groups is 1. The maximum atomic E-state index is 9.12. The molecule has 0 saturated heterocycles. The van der Waals surface area contributed by atoms with Gasteiger partial charge in [0.1, 0.15) is 0 Å². The van der Waals surface area contributed by atoms with E-state index in [1.54, 1.807) is 0 Å². The van der Waals surface area contributed by atoms with Gasteiger partial charge in [0.2, 0.25) is 0 Å². The first-order chi connectivity index (χ1) is 7.35. The lowest BCUT2D eigenvalue weighted by Gasteiger charge is -2.12. The third-order valence-electron chi connectivity index (χ3n) is 1.56. The maximum Gasteiger partial charge on any atom is 0.0558 e. The van der Waals surface area contributed by atoms with Crippen molar-refractivity contribution in [2.75, 3.05) is 46.9 Å². The lowest BCUT2D eigenvalue weighted by Crippen LogP contribution is -2.13. The van der Waals surface area contributed by atoms with Crippen LogP contribution in [-0.4, -0.2) is 57.2 Å². The molecule has 0 rings (SSSR count). The molecule has 1 atom stereocenters. The Hall–Kier alpha value is 1.71. The van der Waals surface area contributed by atoms with E-state index >= 15 is 0 Å². The number of thiol groups is 2. The van der Waals surface area contributed by atoms with Gasteiger partial charge in [0.05, 0.1) is 6.61 Å². The Kier molecular flexibility index (Phi) is 15.3. The van der Waals surface area contributed by atoms with E-state index in [2.05, 4.69) is 25.3 Å². The third kappa shape index (κ3) is 12.0. The highest BCUT2D eigenvalue weighted by atomic mass is 32.2. The highest BCUT2D eigenvalue weighted by Crippen LogP contribution is 2.17. The van der Waals surface area contributed by atoms with Crippen molar-refractivity contribution >= 4 is 60.5 Å². The maximum absolute atomic E-state index is 9.12. The summed E-state index contributed by atoms with van der Waals surface area (Å²) in [6, 6.07) is 0. The van der Waals surface area contributed by atoms with Crippen LogP contribution in [0, 0.1) is 0 Å². The lowest BCUT2D eigenvalue weighted by atomic mass is 10.5. The van der Waals surface area contributed by atoms with Crippen molar-refractivity contribution in [3.8, 4) is 0 Å². The molecule has 0 aliphatic carbocycles. The second kappa shape index (κ2) is 13.8. The summed E-state index contributed by atoms with van der Waals surface area (Å²) in [7, 11) is 0. The van der Waals surface area contributed by atoms with E-state index in [4.69, 9.17) is 5.11 Å². The first kappa shape index (κ1) is 16.7. The number of hydrogen-bond acceptors (Lipinski definition) is 6. The van der Waals surface area contributed by atoms with Crippen molar-refractivity contribution in [3.05, 3.63) is 0 Å². The Balaban J connectivity index is 3.22. The molecule has 15 heavy (non-hydrogen) atoms. The molecule has 0 amide bonds. The van der Waals surface area contributed by atoms with Crippen LogP contribution in [-0.2, 0) is 0 Å². The summed E-state index contributed by atoms with van der Waals surface area (Å²) in [6.45, 7) is 0.287. The highest BCUT2D eigenvalue weighted by Gasteiger charge is 2.06. The minimum atomic E-state index is 0.287. The van der Waals surface area contributed by atoms with Crippen LogP contribution in [0.25, 0.3) is 0 Å². The summed E-state index contributed by atoms with van der Waals surface area (Å²) in [6.07, 6.45) is 0. The molecular formula is C9H20OS5. The number of thioether (sulfide) groups is 3. The van der Waals surface area contributed by atoms with E-state index in [-0.39, 0.29) is 6.61 Å². The SMILES string of the molecule is OC[C@@H](CSCCSCCS)SCCS. The van der Waals surface area contributed by atoms with E-state index in [1.165, 1.54) is 11.5 Å². The molecule has 0 aromatic heterocycles. The molecule has 0 fully saturated rings. The van der Waals surface area contributed by atoms with Crippen LogP contribution in [0.5, 0.6) is 0 Å². The minimum Gasteiger partial charge on any atom is -0.395 e. The van der Waals surface area contributed by atoms with Crippen molar-refractivity contribution in [1.29, 1.82) is 0 Å². The average molecular weight is 305 g/mol. The Morgan fingerprint density at radius 2 is 1.60 bits per heavy atom. The average Bonchev–Trinajstić information content (AvgIpc) is 2.27. The Bertz CT molecular complexity index is 125. The van der Waals surface area contributed by atoms with Gasteiger partial charge in [-0.1, -0.05) is 0 Å². The van der Waals surface area contributed by atoms with Gasteiger partial charge in [-0.15, -0.1) is 0 Å². The van der Waals surface area contributed by atoms with E-state index in [0.29, 0.717) is 5.25 Å². The number of hydrogen-bond donors (Lipinski definition) is 3. The quantitative estimate of drug-likeness (QED) is 0.402. The summed E-state index contributed by atoms with van der Waals surface area (Å²) in [5, 5.41) is 9.51. The Morgan fingerprint density at radius 3 is 2.20 bits per heavy atom. The smallest absolute Gasteiger partial charge is 0.0558 e. The standard InChI is InChI=1S/C9H20OS5/c10-7-9(15-4-2-12)8-14-6-5-13-3-1-11/h9-12H,1-8H2/t9-/m0/s1. The molecule has 0 aliphatic rings. The summed E-state index contributed by atoms with van der Waals surface area (Å²) >= 11 is 14.0. The minimum absolute atomic E-state index is 0.287. The van der Waals surface area contributed by atoms with Gasteiger partial charge >= 0.3 is 0 Å². The van der Waals surface area contributed by atoms with Gasteiger partial charge in [-0.25, -0.2) is 0 Å². The molecule has 0 unspecified atom stereocenters. The summed E-state index contributed by atoms with van der Waals surface area (Å²) < 4.78 is 0. The van der Waals surface area contributed by atoms with Crippen LogP contribution in [0.4, 0.5) is 0 Å². The van der Waals surface area contributed by atoms with Crippen LogP contribution in [0.2, 0.25) is 0 Å². The molecule has 0 saturated carbocycles. The summed E-state index contributed by atoms with van der Waals surface area (Å²) in [5.74, 6) is 7.45. The summed E-state index contributed by atoms with van der Waals surface area (Å²) in [5.41, 5.74) is 0. The fourth-order valence-electron chi connectivity index (χ4n) is 0.872. The van der Waals surface area contributed by atoms with Crippen molar-refractivity contribution in [3.63, 3.8) is 0 Å². The molecule has 0 spiro atoms. The largest absolute Gasteiger partial charge is 0.395 e. The normalized spacial score (nSPS) is 13.0. The summed E-state index contributed by atoms with van der Waals surface area (Å²) in [4.78, 5) is 0.